The minimum absolute atomic E-state index is 0.00353. The lowest BCUT2D eigenvalue weighted by Gasteiger charge is -2.18. The highest BCUT2D eigenvalue weighted by molar-refractivity contribution is 7.25. The van der Waals surface area contributed by atoms with Crippen LogP contribution in [0.15, 0.2) is 35.1 Å². The third-order valence-corrected chi connectivity index (χ3v) is 6.14. The molecule has 0 atom stereocenters. The summed E-state index contributed by atoms with van der Waals surface area (Å²) in [5.41, 5.74) is 7.67. The molecule has 1 heterocycles. The molecule has 0 radical (unpaired) electrons. The van der Waals surface area contributed by atoms with Crippen molar-refractivity contribution in [2.75, 3.05) is 44.3 Å². The van der Waals surface area contributed by atoms with E-state index in [0.29, 0.717) is 22.2 Å². The number of hydrogen-bond acceptors (Lipinski definition) is 6. The summed E-state index contributed by atoms with van der Waals surface area (Å²) in [6, 6.07) is 9.38. The maximum absolute atomic E-state index is 13.2. The van der Waals surface area contributed by atoms with Crippen LogP contribution in [-0.2, 0) is 0 Å². The molecule has 2 aromatic carbocycles. The fourth-order valence-corrected chi connectivity index (χ4v) is 4.40. The van der Waals surface area contributed by atoms with E-state index in [1.807, 2.05) is 24.3 Å². The highest BCUT2D eigenvalue weighted by atomic mass is 32.1. The minimum atomic E-state index is -0.00353. The van der Waals surface area contributed by atoms with Gasteiger partial charge in [-0.05, 0) is 56.4 Å². The van der Waals surface area contributed by atoms with Gasteiger partial charge in [0.05, 0.1) is 17.2 Å². The number of benzene rings is 2. The molecule has 0 bridgehead atoms. The van der Waals surface area contributed by atoms with E-state index in [-0.39, 0.29) is 5.43 Å². The van der Waals surface area contributed by atoms with Crippen LogP contribution < -0.4 is 21.2 Å². The summed E-state index contributed by atoms with van der Waals surface area (Å²) in [6.45, 7) is 8.32. The molecule has 3 N–H and O–H groups in total. The highest BCUT2D eigenvalue weighted by Crippen LogP contribution is 2.34. The number of methoxy groups -OCH3 is 1. The molecule has 0 amide bonds. The first-order valence-electron chi connectivity index (χ1n) is 9.38. The van der Waals surface area contributed by atoms with Crippen LogP contribution in [0.4, 0.5) is 11.4 Å². The van der Waals surface area contributed by atoms with Crippen LogP contribution in [0.5, 0.6) is 5.75 Å². The van der Waals surface area contributed by atoms with E-state index in [1.54, 1.807) is 24.5 Å². The van der Waals surface area contributed by atoms with Crippen molar-refractivity contribution in [3.05, 3.63) is 40.6 Å². The largest absolute Gasteiger partial charge is 0.497 e. The van der Waals surface area contributed by atoms with Gasteiger partial charge in [-0.15, -0.1) is 11.3 Å². The van der Waals surface area contributed by atoms with Gasteiger partial charge in [-0.1, -0.05) is 13.8 Å². The Morgan fingerprint density at radius 3 is 2.67 bits per heavy atom. The minimum Gasteiger partial charge on any atom is -0.497 e. The Hall–Kier alpha value is -2.31. The summed E-state index contributed by atoms with van der Waals surface area (Å²) < 4.78 is 7.04. The Kier molecular flexibility index (Phi) is 6.19. The van der Waals surface area contributed by atoms with Crippen molar-refractivity contribution in [3.63, 3.8) is 0 Å². The normalized spacial score (nSPS) is 11.4. The summed E-state index contributed by atoms with van der Waals surface area (Å²) >= 11 is 1.55. The maximum atomic E-state index is 13.2. The van der Waals surface area contributed by atoms with Crippen molar-refractivity contribution in [2.24, 2.45) is 0 Å². The van der Waals surface area contributed by atoms with Gasteiger partial charge in [-0.3, -0.25) is 4.79 Å². The first-order chi connectivity index (χ1) is 13.1. The van der Waals surface area contributed by atoms with E-state index in [1.165, 1.54) is 0 Å². The molecule has 5 nitrogen and oxygen atoms in total. The van der Waals surface area contributed by atoms with Gasteiger partial charge in [0.1, 0.15) is 5.75 Å². The number of nitrogens with zero attached hydrogens (tertiary/aromatic N) is 1. The van der Waals surface area contributed by atoms with E-state index in [4.69, 9.17) is 10.5 Å². The number of nitrogens with two attached hydrogens (primary N) is 1. The molecule has 0 saturated carbocycles. The summed E-state index contributed by atoms with van der Waals surface area (Å²) in [5, 5.41) is 4.79. The van der Waals surface area contributed by atoms with Crippen molar-refractivity contribution in [3.8, 4) is 5.75 Å². The average molecular weight is 386 g/mol. The third kappa shape index (κ3) is 4.01. The van der Waals surface area contributed by atoms with Crippen molar-refractivity contribution in [1.82, 2.24) is 4.90 Å². The average Bonchev–Trinajstić information content (AvgIpc) is 2.70. The second-order valence-corrected chi connectivity index (χ2v) is 7.56. The standard InChI is InChI=1S/C21H27N3O2S/c1-4-24(5-2)12-6-11-23-17-9-8-16(22)21-19(17)20(25)15-13-14(26-3)7-10-18(15)27-21/h7-10,13,23H,4-6,11-12,22H2,1-3H3. The zero-order chi connectivity index (χ0) is 19.4. The first kappa shape index (κ1) is 19.5. The van der Waals surface area contributed by atoms with Crippen molar-refractivity contribution >= 4 is 42.9 Å². The molecule has 27 heavy (non-hydrogen) atoms. The number of nitrogens with one attached hydrogen (secondary N) is 1. The summed E-state index contributed by atoms with van der Waals surface area (Å²) in [5.74, 6) is 0.684. The van der Waals surface area contributed by atoms with Crippen LogP contribution in [0.3, 0.4) is 0 Å². The summed E-state index contributed by atoms with van der Waals surface area (Å²) in [6.07, 6.45) is 1.02. The van der Waals surface area contributed by atoms with E-state index >= 15 is 0 Å². The van der Waals surface area contributed by atoms with E-state index in [9.17, 15) is 4.79 Å². The van der Waals surface area contributed by atoms with Gasteiger partial charge < -0.3 is 20.7 Å². The summed E-state index contributed by atoms with van der Waals surface area (Å²) in [4.78, 5) is 15.6. The monoisotopic (exact) mass is 385 g/mol. The molecule has 144 valence electrons. The molecular formula is C21H27N3O2S. The van der Waals surface area contributed by atoms with Gasteiger partial charge in [0.25, 0.3) is 0 Å². The van der Waals surface area contributed by atoms with Crippen molar-refractivity contribution in [2.45, 2.75) is 20.3 Å². The highest BCUT2D eigenvalue weighted by Gasteiger charge is 2.13. The third-order valence-electron chi connectivity index (χ3n) is 4.92. The molecule has 3 rings (SSSR count). The topological polar surface area (TPSA) is 67.6 Å². The number of ether oxygens (including phenoxy) is 1. The van der Waals surface area contributed by atoms with Gasteiger partial charge in [0.15, 0.2) is 5.43 Å². The molecule has 0 spiro atoms. The molecule has 6 heteroatoms. The van der Waals surface area contributed by atoms with E-state index in [0.717, 1.165) is 47.7 Å². The van der Waals surface area contributed by atoms with Gasteiger partial charge in [-0.2, -0.15) is 0 Å². The van der Waals surface area contributed by atoms with Crippen LogP contribution >= 0.6 is 11.3 Å². The molecule has 0 fully saturated rings. The molecule has 3 aromatic rings. The van der Waals surface area contributed by atoms with Crippen LogP contribution in [0.2, 0.25) is 0 Å². The molecule has 0 aliphatic rings. The van der Waals surface area contributed by atoms with Gasteiger partial charge in [0.2, 0.25) is 0 Å². The van der Waals surface area contributed by atoms with E-state index in [2.05, 4.69) is 24.1 Å². The van der Waals surface area contributed by atoms with Crippen LogP contribution in [-0.4, -0.2) is 38.2 Å². The number of fused-ring (bicyclic) bond motifs is 2. The molecule has 0 aliphatic heterocycles. The van der Waals surface area contributed by atoms with Crippen LogP contribution in [0, 0.1) is 0 Å². The first-order valence-corrected chi connectivity index (χ1v) is 10.2. The number of hydrogen-bond donors (Lipinski definition) is 2. The van der Waals surface area contributed by atoms with E-state index < -0.39 is 0 Å². The van der Waals surface area contributed by atoms with Crippen molar-refractivity contribution < 1.29 is 4.74 Å². The number of anilines is 2. The predicted octanol–water partition coefficient (Wildman–Crippen LogP) is 4.15. The fourth-order valence-electron chi connectivity index (χ4n) is 3.29. The molecule has 0 saturated heterocycles. The van der Waals surface area contributed by atoms with Crippen LogP contribution in [0.1, 0.15) is 20.3 Å². The lowest BCUT2D eigenvalue weighted by molar-refractivity contribution is 0.303. The Morgan fingerprint density at radius 2 is 1.96 bits per heavy atom. The Balaban J connectivity index is 1.97. The predicted molar refractivity (Wildman–Crippen MR) is 117 cm³/mol. The lowest BCUT2D eigenvalue weighted by Crippen LogP contribution is -2.25. The van der Waals surface area contributed by atoms with Gasteiger partial charge in [-0.25, -0.2) is 0 Å². The second kappa shape index (κ2) is 8.59. The van der Waals surface area contributed by atoms with Crippen LogP contribution in [0.25, 0.3) is 20.2 Å². The SMILES string of the molecule is CCN(CC)CCCNc1ccc(N)c2sc3ccc(OC)cc3c(=O)c12. The molecule has 0 aliphatic carbocycles. The molecular weight excluding hydrogens is 358 g/mol. The quantitative estimate of drug-likeness (QED) is 0.346. The number of nitrogen functional groups attached to an aromatic ring is 1. The zero-order valence-electron chi connectivity index (χ0n) is 16.2. The molecule has 0 unspecified atom stereocenters. The van der Waals surface area contributed by atoms with Crippen molar-refractivity contribution in [1.29, 1.82) is 0 Å². The smallest absolute Gasteiger partial charge is 0.198 e. The maximum Gasteiger partial charge on any atom is 0.198 e. The second-order valence-electron chi connectivity index (χ2n) is 6.51. The molecule has 1 aromatic heterocycles. The number of rotatable bonds is 8. The fraction of sp³-hybridized carbons (Fsp3) is 0.381. The Morgan fingerprint density at radius 1 is 1.19 bits per heavy atom. The Labute approximate surface area is 163 Å². The summed E-state index contributed by atoms with van der Waals surface area (Å²) in [7, 11) is 1.61. The Bertz CT molecular complexity index is 996. The van der Waals surface area contributed by atoms with Gasteiger partial charge in [0, 0.05) is 28.0 Å². The zero-order valence-corrected chi connectivity index (χ0v) is 17.0. The lowest BCUT2D eigenvalue weighted by atomic mass is 10.1. The van der Waals surface area contributed by atoms with Gasteiger partial charge >= 0.3 is 0 Å².